The summed E-state index contributed by atoms with van der Waals surface area (Å²) in [5.41, 5.74) is 7.50. The highest BCUT2D eigenvalue weighted by atomic mass is 16.3. The molecule has 4 fully saturated rings. The van der Waals surface area contributed by atoms with Gasteiger partial charge in [-0.3, -0.25) is 4.79 Å². The number of nitrogens with zero attached hydrogens (tertiary/aromatic N) is 1. The van der Waals surface area contributed by atoms with Gasteiger partial charge in [-0.25, -0.2) is 4.98 Å². The van der Waals surface area contributed by atoms with E-state index < -0.39 is 5.91 Å². The van der Waals surface area contributed by atoms with E-state index in [4.69, 9.17) is 5.73 Å². The number of H-pyrrole nitrogens is 1. The van der Waals surface area contributed by atoms with Crippen LogP contribution in [0.2, 0.25) is 0 Å². The zero-order chi connectivity index (χ0) is 16.4. The number of hydrogen-bond donors (Lipinski definition) is 4. The molecular formula is C18H22N4O2. The second kappa shape index (κ2) is 4.96. The van der Waals surface area contributed by atoms with Gasteiger partial charge in [0.2, 0.25) is 0 Å². The minimum absolute atomic E-state index is 0.200. The zero-order valence-electron chi connectivity index (χ0n) is 13.4. The van der Waals surface area contributed by atoms with Crippen LogP contribution < -0.4 is 11.1 Å². The monoisotopic (exact) mass is 326 g/mol. The maximum atomic E-state index is 11.9. The predicted octanol–water partition coefficient (Wildman–Crippen LogP) is 1.87. The Morgan fingerprint density at radius 1 is 1.29 bits per heavy atom. The molecular weight excluding hydrogens is 304 g/mol. The quantitative estimate of drug-likeness (QED) is 0.691. The molecule has 6 heteroatoms. The van der Waals surface area contributed by atoms with Crippen LogP contribution in [0.15, 0.2) is 18.5 Å². The fourth-order valence-corrected chi connectivity index (χ4v) is 5.62. The van der Waals surface area contributed by atoms with Crippen molar-refractivity contribution in [3.8, 4) is 0 Å². The average molecular weight is 326 g/mol. The molecule has 2 aromatic rings. The van der Waals surface area contributed by atoms with Crippen LogP contribution in [0.3, 0.4) is 0 Å². The van der Waals surface area contributed by atoms with Gasteiger partial charge in [0.15, 0.2) is 0 Å². The third-order valence-corrected chi connectivity index (χ3v) is 6.54. The first-order valence-electron chi connectivity index (χ1n) is 8.82. The maximum absolute atomic E-state index is 11.9. The van der Waals surface area contributed by atoms with Gasteiger partial charge < -0.3 is 21.1 Å². The number of amides is 1. The molecule has 2 heterocycles. The lowest BCUT2D eigenvalue weighted by atomic mass is 9.53. The van der Waals surface area contributed by atoms with E-state index >= 15 is 0 Å². The lowest BCUT2D eigenvalue weighted by Gasteiger charge is -2.57. The first-order valence-corrected chi connectivity index (χ1v) is 8.82. The number of primary amides is 1. The van der Waals surface area contributed by atoms with Gasteiger partial charge in [0.25, 0.3) is 5.91 Å². The SMILES string of the molecule is NC(=O)c1cnc2[nH]ccc2c1N[C@H]1[C@H]2CC3C[C@H](C2)[C@@H](O)[C@@H]1C3. The van der Waals surface area contributed by atoms with Gasteiger partial charge in [-0.15, -0.1) is 0 Å². The Bertz CT molecular complexity index is 816. The van der Waals surface area contributed by atoms with Gasteiger partial charge in [-0.2, -0.15) is 0 Å². The first kappa shape index (κ1) is 14.3. The van der Waals surface area contributed by atoms with E-state index in [2.05, 4.69) is 15.3 Å². The summed E-state index contributed by atoms with van der Waals surface area (Å²) in [6.07, 6.45) is 7.71. The first-order chi connectivity index (χ1) is 11.6. The fourth-order valence-electron chi connectivity index (χ4n) is 5.62. The van der Waals surface area contributed by atoms with Crippen LogP contribution in [0.25, 0.3) is 11.0 Å². The van der Waals surface area contributed by atoms with Crippen molar-refractivity contribution in [3.63, 3.8) is 0 Å². The Morgan fingerprint density at radius 3 is 2.96 bits per heavy atom. The Kier molecular flexibility index (Phi) is 2.95. The number of anilines is 1. The van der Waals surface area contributed by atoms with E-state index in [-0.39, 0.29) is 18.1 Å². The van der Waals surface area contributed by atoms with Gasteiger partial charge in [0.05, 0.1) is 17.4 Å². The highest BCUT2D eigenvalue weighted by Gasteiger charge is 2.53. The number of pyridine rings is 1. The molecule has 126 valence electrons. The van der Waals surface area contributed by atoms with Crippen LogP contribution in [0.1, 0.15) is 36.0 Å². The number of carbonyl (C=O) groups is 1. The van der Waals surface area contributed by atoms with Crippen molar-refractivity contribution in [2.45, 2.75) is 37.8 Å². The molecule has 6 nitrogen and oxygen atoms in total. The molecule has 4 aliphatic rings. The van der Waals surface area contributed by atoms with Crippen LogP contribution in [-0.4, -0.2) is 33.1 Å². The molecule has 4 bridgehead atoms. The molecule has 24 heavy (non-hydrogen) atoms. The van der Waals surface area contributed by atoms with E-state index in [1.165, 1.54) is 19.0 Å². The van der Waals surface area contributed by atoms with Gasteiger partial charge in [0, 0.05) is 29.7 Å². The van der Waals surface area contributed by atoms with E-state index in [0.717, 1.165) is 35.5 Å². The maximum Gasteiger partial charge on any atom is 0.252 e. The lowest BCUT2D eigenvalue weighted by Crippen LogP contribution is -2.58. The highest BCUT2D eigenvalue weighted by Crippen LogP contribution is 2.54. The Labute approximate surface area is 139 Å². The summed E-state index contributed by atoms with van der Waals surface area (Å²) in [5, 5.41) is 15.2. The Hall–Kier alpha value is -2.08. The largest absolute Gasteiger partial charge is 0.392 e. The molecule has 0 saturated heterocycles. The topological polar surface area (TPSA) is 104 Å². The van der Waals surface area contributed by atoms with Crippen molar-refractivity contribution in [2.24, 2.45) is 29.4 Å². The fraction of sp³-hybridized carbons (Fsp3) is 0.556. The van der Waals surface area contributed by atoms with Crippen LogP contribution >= 0.6 is 0 Å². The molecule has 1 amide bonds. The Morgan fingerprint density at radius 2 is 2.12 bits per heavy atom. The minimum atomic E-state index is -0.475. The van der Waals surface area contributed by atoms with Crippen LogP contribution in [0, 0.1) is 23.7 Å². The number of carbonyl (C=O) groups excluding carboxylic acids is 1. The summed E-state index contributed by atoms with van der Waals surface area (Å²) in [4.78, 5) is 19.2. The molecule has 0 aromatic carbocycles. The molecule has 1 unspecified atom stereocenters. The number of aromatic nitrogens is 2. The van der Waals surface area contributed by atoms with E-state index in [0.29, 0.717) is 17.4 Å². The summed E-state index contributed by atoms with van der Waals surface area (Å²) in [6.45, 7) is 0. The molecule has 2 aromatic heterocycles. The smallest absolute Gasteiger partial charge is 0.252 e. The Balaban J connectivity index is 1.56. The summed E-state index contributed by atoms with van der Waals surface area (Å²) in [5.74, 6) is 1.59. The van der Waals surface area contributed by atoms with Crippen LogP contribution in [0.4, 0.5) is 5.69 Å². The number of rotatable bonds is 3. The highest BCUT2D eigenvalue weighted by molar-refractivity contribution is 6.06. The van der Waals surface area contributed by atoms with Gasteiger partial charge in [-0.05, 0) is 49.5 Å². The number of hydrogen-bond acceptors (Lipinski definition) is 4. The van der Waals surface area contributed by atoms with Crippen molar-refractivity contribution < 1.29 is 9.90 Å². The summed E-state index contributed by atoms with van der Waals surface area (Å²) in [6, 6.07) is 2.12. The normalized spacial score (nSPS) is 37.0. The number of aliphatic hydroxyl groups excluding tert-OH is 1. The number of aromatic amines is 1. The van der Waals surface area contributed by atoms with Crippen molar-refractivity contribution in [1.29, 1.82) is 0 Å². The van der Waals surface area contributed by atoms with E-state index in [9.17, 15) is 9.90 Å². The summed E-state index contributed by atoms with van der Waals surface area (Å²) in [7, 11) is 0. The zero-order valence-corrected chi connectivity index (χ0v) is 13.4. The van der Waals surface area contributed by atoms with Gasteiger partial charge >= 0.3 is 0 Å². The van der Waals surface area contributed by atoms with E-state index in [1.54, 1.807) is 0 Å². The minimum Gasteiger partial charge on any atom is -0.392 e. The second-order valence-electron chi connectivity index (χ2n) is 7.80. The number of nitrogens with two attached hydrogens (primary N) is 1. The number of aliphatic hydroxyl groups is 1. The number of nitrogens with one attached hydrogen (secondary N) is 2. The molecule has 4 aliphatic carbocycles. The third-order valence-electron chi connectivity index (χ3n) is 6.54. The van der Waals surface area contributed by atoms with Crippen molar-refractivity contribution in [3.05, 3.63) is 24.0 Å². The lowest BCUT2D eigenvalue weighted by molar-refractivity contribution is -0.0993. The predicted molar refractivity (Wildman–Crippen MR) is 90.5 cm³/mol. The molecule has 6 atom stereocenters. The van der Waals surface area contributed by atoms with Crippen molar-refractivity contribution >= 4 is 22.6 Å². The number of fused-ring (bicyclic) bond motifs is 1. The standard InChI is InChI=1S/C18H22N4O2/c19-17(24)13-7-21-18-11(1-2-20-18)15(13)22-14-9-3-8-4-10(6-9)16(23)12(14)5-8/h1-2,7-10,12,14,16,23H,3-6H2,(H2,19,24)(H2,20,21,22)/t8?,9-,10+,12+,14-,16+/m0/s1. The molecule has 0 aliphatic heterocycles. The van der Waals surface area contributed by atoms with Gasteiger partial charge in [0.1, 0.15) is 5.65 Å². The van der Waals surface area contributed by atoms with Crippen molar-refractivity contribution in [2.75, 3.05) is 5.32 Å². The van der Waals surface area contributed by atoms with Gasteiger partial charge in [-0.1, -0.05) is 0 Å². The van der Waals surface area contributed by atoms with E-state index in [1.807, 2.05) is 12.3 Å². The molecule has 0 radical (unpaired) electrons. The third kappa shape index (κ3) is 1.92. The molecule has 0 spiro atoms. The van der Waals surface area contributed by atoms with Crippen LogP contribution in [0.5, 0.6) is 0 Å². The van der Waals surface area contributed by atoms with Crippen molar-refractivity contribution in [1.82, 2.24) is 9.97 Å². The van der Waals surface area contributed by atoms with Crippen LogP contribution in [-0.2, 0) is 0 Å². The second-order valence-corrected chi connectivity index (χ2v) is 7.80. The summed E-state index contributed by atoms with van der Waals surface area (Å²) >= 11 is 0. The molecule has 6 rings (SSSR count). The molecule has 5 N–H and O–H groups in total. The average Bonchev–Trinajstić information content (AvgIpc) is 3.03. The summed E-state index contributed by atoms with van der Waals surface area (Å²) < 4.78 is 0. The molecule has 4 saturated carbocycles.